The van der Waals surface area contributed by atoms with Crippen LogP contribution >= 0.6 is 11.6 Å². The zero-order valence-corrected chi connectivity index (χ0v) is 17.5. The number of ether oxygens (including phenoxy) is 1. The molecule has 0 unspecified atom stereocenters. The van der Waals surface area contributed by atoms with Crippen molar-refractivity contribution in [3.63, 3.8) is 0 Å². The summed E-state index contributed by atoms with van der Waals surface area (Å²) in [6, 6.07) is 16.1. The summed E-state index contributed by atoms with van der Waals surface area (Å²) in [6.45, 7) is 2.92. The molecule has 0 aliphatic heterocycles. The van der Waals surface area contributed by atoms with Gasteiger partial charge in [-0.05, 0) is 54.5 Å². The average molecular weight is 411 g/mol. The van der Waals surface area contributed by atoms with Gasteiger partial charge in [0.25, 0.3) is 5.91 Å². The highest BCUT2D eigenvalue weighted by Gasteiger charge is 2.09. The molecule has 0 atom stereocenters. The number of nitrogens with one attached hydrogen (secondary N) is 1. The number of rotatable bonds is 11. The monoisotopic (exact) mass is 410 g/mol. The van der Waals surface area contributed by atoms with Crippen molar-refractivity contribution in [1.82, 2.24) is 0 Å². The molecule has 5 heteroatoms. The van der Waals surface area contributed by atoms with Crippen LogP contribution in [0.5, 0.6) is 5.75 Å². The van der Waals surface area contributed by atoms with Gasteiger partial charge in [0.1, 0.15) is 17.4 Å². The number of hydrogen-bond donors (Lipinski definition) is 1. The lowest BCUT2D eigenvalue weighted by atomic mass is 10.1. The second-order valence-electron chi connectivity index (χ2n) is 6.82. The second kappa shape index (κ2) is 12.6. The lowest BCUT2D eigenvalue weighted by molar-refractivity contribution is -0.112. The summed E-state index contributed by atoms with van der Waals surface area (Å²) in [6.07, 6.45) is 8.92. The van der Waals surface area contributed by atoms with Crippen molar-refractivity contribution in [2.45, 2.75) is 45.4 Å². The van der Waals surface area contributed by atoms with Gasteiger partial charge in [0.05, 0.1) is 6.61 Å². The number of benzene rings is 2. The molecular formula is C24H27ClN2O2. The van der Waals surface area contributed by atoms with Crippen molar-refractivity contribution >= 4 is 29.3 Å². The third kappa shape index (κ3) is 8.41. The van der Waals surface area contributed by atoms with Gasteiger partial charge in [0.15, 0.2) is 0 Å². The summed E-state index contributed by atoms with van der Waals surface area (Å²) in [7, 11) is 0. The topological polar surface area (TPSA) is 62.1 Å². The number of nitriles is 1. The Hall–Kier alpha value is -2.77. The molecule has 0 bridgehead atoms. The maximum absolute atomic E-state index is 12.3. The van der Waals surface area contributed by atoms with Crippen molar-refractivity contribution in [2.24, 2.45) is 0 Å². The molecule has 29 heavy (non-hydrogen) atoms. The molecule has 2 aromatic carbocycles. The molecule has 2 aromatic rings. The predicted octanol–water partition coefficient (Wildman–Crippen LogP) is 6.62. The fourth-order valence-electron chi connectivity index (χ4n) is 2.78. The Morgan fingerprint density at radius 2 is 1.69 bits per heavy atom. The van der Waals surface area contributed by atoms with Crippen molar-refractivity contribution in [1.29, 1.82) is 5.26 Å². The summed E-state index contributed by atoms with van der Waals surface area (Å²) < 4.78 is 5.76. The third-order valence-electron chi connectivity index (χ3n) is 4.42. The minimum absolute atomic E-state index is 0.0284. The van der Waals surface area contributed by atoms with Crippen LogP contribution in [0, 0.1) is 11.3 Å². The Bertz CT molecular complexity index is 837. The Balaban J connectivity index is 1.85. The fourth-order valence-corrected chi connectivity index (χ4v) is 2.91. The first kappa shape index (κ1) is 22.5. The van der Waals surface area contributed by atoms with Crippen LogP contribution in [0.4, 0.5) is 5.69 Å². The van der Waals surface area contributed by atoms with E-state index in [2.05, 4.69) is 12.2 Å². The van der Waals surface area contributed by atoms with Crippen LogP contribution in [0.25, 0.3) is 6.08 Å². The molecule has 0 aliphatic rings. The van der Waals surface area contributed by atoms with Gasteiger partial charge in [-0.1, -0.05) is 62.8 Å². The lowest BCUT2D eigenvalue weighted by Gasteiger charge is -2.07. The Morgan fingerprint density at radius 3 is 2.34 bits per heavy atom. The minimum Gasteiger partial charge on any atom is -0.494 e. The van der Waals surface area contributed by atoms with Crippen LogP contribution < -0.4 is 10.1 Å². The first-order valence-electron chi connectivity index (χ1n) is 10.0. The van der Waals surface area contributed by atoms with Crippen molar-refractivity contribution in [2.75, 3.05) is 11.9 Å². The van der Waals surface area contributed by atoms with E-state index in [1.165, 1.54) is 32.1 Å². The quantitative estimate of drug-likeness (QED) is 0.257. The van der Waals surface area contributed by atoms with Gasteiger partial charge >= 0.3 is 0 Å². The molecule has 0 heterocycles. The third-order valence-corrected chi connectivity index (χ3v) is 4.68. The molecule has 0 radical (unpaired) electrons. The smallest absolute Gasteiger partial charge is 0.266 e. The van der Waals surface area contributed by atoms with E-state index >= 15 is 0 Å². The maximum Gasteiger partial charge on any atom is 0.266 e. The summed E-state index contributed by atoms with van der Waals surface area (Å²) in [5.74, 6) is 0.332. The van der Waals surface area contributed by atoms with Gasteiger partial charge in [-0.3, -0.25) is 4.79 Å². The van der Waals surface area contributed by atoms with Crippen LogP contribution in [0.3, 0.4) is 0 Å². The van der Waals surface area contributed by atoms with E-state index in [0.717, 1.165) is 17.7 Å². The van der Waals surface area contributed by atoms with E-state index < -0.39 is 5.91 Å². The van der Waals surface area contributed by atoms with Gasteiger partial charge in [-0.25, -0.2) is 0 Å². The van der Waals surface area contributed by atoms with Gasteiger partial charge in [-0.15, -0.1) is 0 Å². The van der Waals surface area contributed by atoms with Gasteiger partial charge in [-0.2, -0.15) is 5.26 Å². The Kier molecular flexibility index (Phi) is 9.82. The molecular weight excluding hydrogens is 384 g/mol. The van der Waals surface area contributed by atoms with Crippen LogP contribution in [-0.2, 0) is 4.79 Å². The average Bonchev–Trinajstić information content (AvgIpc) is 2.74. The van der Waals surface area contributed by atoms with E-state index in [-0.39, 0.29) is 5.57 Å². The molecule has 0 fully saturated rings. The van der Waals surface area contributed by atoms with E-state index in [4.69, 9.17) is 16.3 Å². The molecule has 152 valence electrons. The van der Waals surface area contributed by atoms with E-state index in [0.29, 0.717) is 17.3 Å². The highest BCUT2D eigenvalue weighted by molar-refractivity contribution is 6.30. The van der Waals surface area contributed by atoms with Gasteiger partial charge in [0, 0.05) is 10.7 Å². The maximum atomic E-state index is 12.3. The lowest BCUT2D eigenvalue weighted by Crippen LogP contribution is -2.13. The number of unbranched alkanes of at least 4 members (excludes halogenated alkanes) is 5. The van der Waals surface area contributed by atoms with Crippen molar-refractivity contribution < 1.29 is 9.53 Å². The summed E-state index contributed by atoms with van der Waals surface area (Å²) in [5, 5.41) is 12.6. The molecule has 4 nitrogen and oxygen atoms in total. The highest BCUT2D eigenvalue weighted by Crippen LogP contribution is 2.17. The van der Waals surface area contributed by atoms with E-state index in [1.54, 1.807) is 30.3 Å². The first-order chi connectivity index (χ1) is 14.1. The molecule has 1 amide bonds. The number of anilines is 1. The largest absolute Gasteiger partial charge is 0.494 e. The fraction of sp³-hybridized carbons (Fsp3) is 0.333. The van der Waals surface area contributed by atoms with Gasteiger partial charge in [0.2, 0.25) is 0 Å². The predicted molar refractivity (Wildman–Crippen MR) is 119 cm³/mol. The van der Waals surface area contributed by atoms with Crippen LogP contribution in [-0.4, -0.2) is 12.5 Å². The number of carbonyl (C=O) groups is 1. The zero-order valence-electron chi connectivity index (χ0n) is 16.8. The molecule has 0 saturated heterocycles. The molecule has 1 N–H and O–H groups in total. The highest BCUT2D eigenvalue weighted by atomic mass is 35.5. The molecule has 0 saturated carbocycles. The van der Waals surface area contributed by atoms with Gasteiger partial charge < -0.3 is 10.1 Å². The SMILES string of the molecule is CCCCCCCCOc1ccc(C=C(C#N)C(=O)Nc2ccc(Cl)cc2)cc1. The molecule has 0 spiro atoms. The number of amides is 1. The van der Waals surface area contributed by atoms with Crippen LogP contribution in [0.1, 0.15) is 51.0 Å². The standard InChI is InChI=1S/C24H27ClN2O2/c1-2-3-4-5-6-7-16-29-23-14-8-19(9-15-23)17-20(18-26)24(28)27-22-12-10-21(25)11-13-22/h8-15,17H,2-7,16H2,1H3,(H,27,28). The molecule has 0 aliphatic carbocycles. The van der Waals surface area contributed by atoms with Crippen LogP contribution in [0.2, 0.25) is 5.02 Å². The molecule has 0 aromatic heterocycles. The van der Waals surface area contributed by atoms with E-state index in [1.807, 2.05) is 30.3 Å². The van der Waals surface area contributed by atoms with Crippen molar-refractivity contribution in [3.8, 4) is 11.8 Å². The zero-order chi connectivity index (χ0) is 20.9. The number of hydrogen-bond acceptors (Lipinski definition) is 3. The van der Waals surface area contributed by atoms with E-state index in [9.17, 15) is 10.1 Å². The Morgan fingerprint density at radius 1 is 1.03 bits per heavy atom. The summed E-state index contributed by atoms with van der Waals surface area (Å²) in [4.78, 5) is 12.3. The Labute approximate surface area is 178 Å². The van der Waals surface area contributed by atoms with Crippen molar-refractivity contribution in [3.05, 3.63) is 64.7 Å². The molecule has 2 rings (SSSR count). The summed E-state index contributed by atoms with van der Waals surface area (Å²) in [5.41, 5.74) is 1.37. The first-order valence-corrected chi connectivity index (χ1v) is 10.4. The number of halogens is 1. The normalized spacial score (nSPS) is 11.0. The van der Waals surface area contributed by atoms with Crippen LogP contribution in [0.15, 0.2) is 54.1 Å². The number of carbonyl (C=O) groups excluding carboxylic acids is 1. The summed E-state index contributed by atoms with van der Waals surface area (Å²) >= 11 is 5.84. The second-order valence-corrected chi connectivity index (χ2v) is 7.25. The minimum atomic E-state index is -0.460. The number of nitrogens with zero attached hydrogens (tertiary/aromatic N) is 1.